The van der Waals surface area contributed by atoms with Gasteiger partial charge in [-0.3, -0.25) is 4.79 Å². The summed E-state index contributed by atoms with van der Waals surface area (Å²) in [6.45, 7) is 3.79. The Balaban J connectivity index is 1.62. The summed E-state index contributed by atoms with van der Waals surface area (Å²) in [6, 6.07) is 14.5. The summed E-state index contributed by atoms with van der Waals surface area (Å²) < 4.78 is 7.07. The van der Waals surface area contributed by atoms with Crippen molar-refractivity contribution in [2.24, 2.45) is 0 Å². The van der Waals surface area contributed by atoms with Crippen molar-refractivity contribution in [3.8, 4) is 11.4 Å². The predicted octanol–water partition coefficient (Wildman–Crippen LogP) is 4.29. The van der Waals surface area contributed by atoms with Crippen LogP contribution in [0.4, 0.5) is 0 Å². The topological polar surface area (TPSA) is 57.0 Å². The smallest absolute Gasteiger partial charge is 0.185 e. The van der Waals surface area contributed by atoms with Crippen LogP contribution in [0.5, 0.6) is 5.75 Å². The number of ether oxygens (including phenoxy) is 1. The normalized spacial score (nSPS) is 10.8. The van der Waals surface area contributed by atoms with Crippen LogP contribution in [0.15, 0.2) is 78.9 Å². The molecule has 1 heterocycles. The van der Waals surface area contributed by atoms with Crippen molar-refractivity contribution in [1.29, 1.82) is 0 Å². The molecule has 0 saturated carbocycles. The maximum Gasteiger partial charge on any atom is 0.185 e. The molecule has 5 nitrogen and oxygen atoms in total. The van der Waals surface area contributed by atoms with Crippen LogP contribution >= 0.6 is 11.6 Å². The second-order valence-corrected chi connectivity index (χ2v) is 5.99. The highest BCUT2D eigenvalue weighted by Crippen LogP contribution is 2.15. The van der Waals surface area contributed by atoms with Crippen molar-refractivity contribution in [1.82, 2.24) is 14.8 Å². The molecule has 0 aliphatic carbocycles. The first-order valence-electron chi connectivity index (χ1n) is 7.85. The molecule has 0 radical (unpaired) electrons. The largest absolute Gasteiger partial charge is 0.488 e. The van der Waals surface area contributed by atoms with Crippen molar-refractivity contribution < 1.29 is 9.53 Å². The average Bonchev–Trinajstić information content (AvgIpc) is 3.20. The Morgan fingerprint density at radius 3 is 2.50 bits per heavy atom. The van der Waals surface area contributed by atoms with Gasteiger partial charge >= 0.3 is 0 Å². The van der Waals surface area contributed by atoms with E-state index in [-0.39, 0.29) is 12.4 Å². The van der Waals surface area contributed by atoms with E-state index >= 15 is 0 Å². The van der Waals surface area contributed by atoms with Gasteiger partial charge in [-0.15, -0.1) is 0 Å². The summed E-state index contributed by atoms with van der Waals surface area (Å²) in [5.41, 5.74) is 2.40. The number of carbonyl (C=O) groups excluding carboxylic acids is 1. The molecule has 0 bridgehead atoms. The Morgan fingerprint density at radius 2 is 1.88 bits per heavy atom. The Morgan fingerprint density at radius 1 is 1.15 bits per heavy atom. The lowest BCUT2D eigenvalue weighted by Crippen LogP contribution is -1.98. The fraction of sp³-hybridized carbons (Fsp3) is 0.0500. The van der Waals surface area contributed by atoms with Crippen molar-refractivity contribution in [3.05, 3.63) is 90.0 Å². The number of hydrogen-bond donors (Lipinski definition) is 0. The molecular weight excluding hydrogens is 350 g/mol. The van der Waals surface area contributed by atoms with Crippen LogP contribution < -0.4 is 4.74 Å². The van der Waals surface area contributed by atoms with E-state index in [0.29, 0.717) is 16.3 Å². The van der Waals surface area contributed by atoms with Gasteiger partial charge in [0.05, 0.1) is 5.69 Å². The van der Waals surface area contributed by atoms with Gasteiger partial charge in [-0.25, -0.2) is 9.67 Å². The van der Waals surface area contributed by atoms with Gasteiger partial charge in [0.15, 0.2) is 5.78 Å². The second kappa shape index (κ2) is 8.27. The van der Waals surface area contributed by atoms with Crippen LogP contribution in [0.2, 0.25) is 0 Å². The van der Waals surface area contributed by atoms with E-state index in [1.807, 2.05) is 24.3 Å². The molecule has 0 amide bonds. The van der Waals surface area contributed by atoms with E-state index in [1.54, 1.807) is 47.4 Å². The summed E-state index contributed by atoms with van der Waals surface area (Å²) in [5, 5.41) is 4.49. The monoisotopic (exact) mass is 365 g/mol. The van der Waals surface area contributed by atoms with Gasteiger partial charge in [-0.2, -0.15) is 5.10 Å². The minimum Gasteiger partial charge on any atom is -0.488 e. The Kier molecular flexibility index (Phi) is 5.61. The van der Waals surface area contributed by atoms with Crippen LogP contribution in [-0.2, 0) is 0 Å². The van der Waals surface area contributed by atoms with Crippen LogP contribution in [-0.4, -0.2) is 27.2 Å². The summed E-state index contributed by atoms with van der Waals surface area (Å²) in [7, 11) is 0. The molecule has 26 heavy (non-hydrogen) atoms. The molecule has 3 rings (SSSR count). The average molecular weight is 366 g/mol. The zero-order chi connectivity index (χ0) is 18.4. The van der Waals surface area contributed by atoms with E-state index in [2.05, 4.69) is 16.7 Å². The predicted molar refractivity (Wildman–Crippen MR) is 102 cm³/mol. The molecule has 2 aromatic carbocycles. The van der Waals surface area contributed by atoms with E-state index in [9.17, 15) is 4.79 Å². The maximum atomic E-state index is 12.3. The summed E-state index contributed by atoms with van der Waals surface area (Å²) in [4.78, 5) is 16.2. The fourth-order valence-electron chi connectivity index (χ4n) is 2.22. The summed E-state index contributed by atoms with van der Waals surface area (Å²) >= 11 is 5.66. The number of allylic oxidation sites excluding steroid dienone is 1. The highest BCUT2D eigenvalue weighted by Gasteiger charge is 2.03. The third-order valence-electron chi connectivity index (χ3n) is 3.54. The van der Waals surface area contributed by atoms with E-state index < -0.39 is 0 Å². The first-order valence-corrected chi connectivity index (χ1v) is 8.23. The van der Waals surface area contributed by atoms with Gasteiger partial charge in [0, 0.05) is 10.6 Å². The number of benzene rings is 2. The fourth-order valence-corrected chi connectivity index (χ4v) is 2.28. The van der Waals surface area contributed by atoms with Crippen LogP contribution in [0.1, 0.15) is 15.9 Å². The Bertz CT molecular complexity index is 915. The van der Waals surface area contributed by atoms with Crippen LogP contribution in [0, 0.1) is 0 Å². The standard InChI is InChI=1S/C20H16ClN3O2/c1-15(21)12-26-19-9-5-17(6-10-19)20(25)11-4-16-2-7-18(8-3-16)24-14-22-13-23-24/h2-11,13-14H,1,12H2/b11-4+. The minimum atomic E-state index is -0.0846. The lowest BCUT2D eigenvalue weighted by molar-refractivity contribution is 0.104. The highest BCUT2D eigenvalue weighted by atomic mass is 35.5. The quantitative estimate of drug-likeness (QED) is 0.463. The van der Waals surface area contributed by atoms with E-state index in [1.165, 1.54) is 6.33 Å². The van der Waals surface area contributed by atoms with Gasteiger partial charge < -0.3 is 4.74 Å². The summed E-state index contributed by atoms with van der Waals surface area (Å²) in [6.07, 6.45) is 6.43. The zero-order valence-electron chi connectivity index (χ0n) is 13.9. The zero-order valence-corrected chi connectivity index (χ0v) is 14.6. The van der Waals surface area contributed by atoms with E-state index in [4.69, 9.17) is 16.3 Å². The first kappa shape index (κ1) is 17.6. The molecule has 130 valence electrons. The number of ketones is 1. The van der Waals surface area contributed by atoms with Crippen LogP contribution in [0.3, 0.4) is 0 Å². The molecule has 3 aromatic rings. The molecule has 0 spiro atoms. The number of aromatic nitrogens is 3. The number of halogens is 1. The maximum absolute atomic E-state index is 12.3. The van der Waals surface area contributed by atoms with Crippen molar-refractivity contribution in [2.45, 2.75) is 0 Å². The Labute approximate surface area is 156 Å². The van der Waals surface area contributed by atoms with Gasteiger partial charge in [-0.05, 0) is 48.0 Å². The molecule has 0 aliphatic rings. The van der Waals surface area contributed by atoms with Gasteiger partial charge in [-0.1, -0.05) is 36.4 Å². The molecule has 0 atom stereocenters. The SMILES string of the molecule is C=C(Cl)COc1ccc(C(=O)/C=C/c2ccc(-n3cncn3)cc2)cc1. The molecule has 0 saturated heterocycles. The Hall–Kier alpha value is -3.18. The number of carbonyl (C=O) groups is 1. The van der Waals surface area contributed by atoms with Crippen molar-refractivity contribution in [3.63, 3.8) is 0 Å². The summed E-state index contributed by atoms with van der Waals surface area (Å²) in [5.74, 6) is 0.551. The molecule has 0 aliphatic heterocycles. The third kappa shape index (κ3) is 4.68. The lowest BCUT2D eigenvalue weighted by atomic mass is 10.1. The van der Waals surface area contributed by atoms with Crippen LogP contribution in [0.25, 0.3) is 11.8 Å². The highest BCUT2D eigenvalue weighted by molar-refractivity contribution is 6.29. The second-order valence-electron chi connectivity index (χ2n) is 5.46. The number of nitrogens with zero attached hydrogens (tertiary/aromatic N) is 3. The molecule has 0 unspecified atom stereocenters. The molecular formula is C20H16ClN3O2. The van der Waals surface area contributed by atoms with Gasteiger partial charge in [0.2, 0.25) is 0 Å². The van der Waals surface area contributed by atoms with Gasteiger partial charge in [0.1, 0.15) is 25.0 Å². The molecule has 0 N–H and O–H groups in total. The van der Waals surface area contributed by atoms with Crippen molar-refractivity contribution >= 4 is 23.5 Å². The van der Waals surface area contributed by atoms with Gasteiger partial charge in [0.25, 0.3) is 0 Å². The number of rotatable bonds is 7. The third-order valence-corrected chi connectivity index (χ3v) is 3.65. The molecule has 0 fully saturated rings. The van der Waals surface area contributed by atoms with Crippen molar-refractivity contribution in [2.75, 3.05) is 6.61 Å². The van der Waals surface area contributed by atoms with E-state index in [0.717, 1.165) is 11.3 Å². The molecule has 1 aromatic heterocycles. The lowest BCUT2D eigenvalue weighted by Gasteiger charge is -2.05. The minimum absolute atomic E-state index is 0.0846. The first-order chi connectivity index (χ1) is 12.6. The molecule has 6 heteroatoms. The number of hydrogen-bond acceptors (Lipinski definition) is 4.